The van der Waals surface area contributed by atoms with Crippen molar-refractivity contribution in [1.29, 1.82) is 0 Å². The van der Waals surface area contributed by atoms with Gasteiger partial charge >= 0.3 is 6.03 Å². The average Bonchev–Trinajstić information content (AvgIpc) is 2.73. The number of primary amides is 1. The highest BCUT2D eigenvalue weighted by molar-refractivity contribution is 5.95. The molecule has 1 aliphatic rings. The number of likely N-dealkylation sites (tertiary alicyclic amines) is 1. The molecule has 0 radical (unpaired) electrons. The number of hydrogen-bond donors (Lipinski definition) is 3. The number of carbonyl (C=O) groups excluding carboxylic acids is 2. The van der Waals surface area contributed by atoms with Crippen molar-refractivity contribution in [2.24, 2.45) is 11.7 Å². The molecule has 1 atom stereocenters. The zero-order chi connectivity index (χ0) is 21.3. The van der Waals surface area contributed by atoms with Gasteiger partial charge in [0.1, 0.15) is 5.82 Å². The Hall–Kier alpha value is -2.93. The lowest BCUT2D eigenvalue weighted by Gasteiger charge is -2.32. The van der Waals surface area contributed by atoms with Gasteiger partial charge in [-0.3, -0.25) is 4.79 Å². The molecule has 2 aromatic carbocycles. The van der Waals surface area contributed by atoms with E-state index in [1.165, 1.54) is 24.1 Å². The smallest absolute Gasteiger partial charge is 0.319 e. The van der Waals surface area contributed by atoms with Crippen molar-refractivity contribution < 1.29 is 14.0 Å². The molecule has 3 amide bonds. The first-order valence-corrected chi connectivity index (χ1v) is 10.4. The number of hydrogen-bond acceptors (Lipinski definition) is 3. The quantitative estimate of drug-likeness (QED) is 0.581. The van der Waals surface area contributed by atoms with Crippen LogP contribution in [-0.4, -0.2) is 43.0 Å². The average molecular weight is 413 g/mol. The third-order valence-corrected chi connectivity index (χ3v) is 5.38. The van der Waals surface area contributed by atoms with E-state index >= 15 is 0 Å². The fraction of sp³-hybridized carbons (Fsp3) is 0.391. The zero-order valence-electron chi connectivity index (χ0n) is 17.1. The van der Waals surface area contributed by atoms with Crippen molar-refractivity contribution >= 4 is 17.6 Å². The Morgan fingerprint density at radius 1 is 1.17 bits per heavy atom. The van der Waals surface area contributed by atoms with Crippen molar-refractivity contribution in [1.82, 2.24) is 10.2 Å². The summed E-state index contributed by atoms with van der Waals surface area (Å²) in [4.78, 5) is 25.7. The van der Waals surface area contributed by atoms with Crippen LogP contribution in [-0.2, 0) is 6.42 Å². The van der Waals surface area contributed by atoms with Crippen LogP contribution in [0.3, 0.4) is 0 Å². The van der Waals surface area contributed by atoms with Crippen LogP contribution >= 0.6 is 0 Å². The molecule has 0 aromatic heterocycles. The number of halogens is 1. The predicted molar refractivity (Wildman–Crippen MR) is 116 cm³/mol. The zero-order valence-corrected chi connectivity index (χ0v) is 17.1. The van der Waals surface area contributed by atoms with Gasteiger partial charge in [0.2, 0.25) is 5.91 Å². The molecule has 0 saturated carbocycles. The molecule has 0 unspecified atom stereocenters. The van der Waals surface area contributed by atoms with Crippen LogP contribution in [0.4, 0.5) is 14.9 Å². The highest BCUT2D eigenvalue weighted by atomic mass is 19.1. The second-order valence-electron chi connectivity index (χ2n) is 7.82. The fourth-order valence-corrected chi connectivity index (χ4v) is 3.90. The van der Waals surface area contributed by atoms with E-state index in [2.05, 4.69) is 15.5 Å². The predicted octanol–water partition coefficient (Wildman–Crippen LogP) is 3.39. The second kappa shape index (κ2) is 10.7. The Balaban J connectivity index is 1.35. The molecule has 1 heterocycles. The van der Waals surface area contributed by atoms with Crippen molar-refractivity contribution in [3.8, 4) is 0 Å². The summed E-state index contributed by atoms with van der Waals surface area (Å²) in [6.07, 6.45) is 4.19. The molecule has 6 nitrogen and oxygen atoms in total. The Morgan fingerprint density at radius 3 is 2.73 bits per heavy atom. The van der Waals surface area contributed by atoms with Crippen molar-refractivity contribution in [2.45, 2.75) is 25.7 Å². The third-order valence-electron chi connectivity index (χ3n) is 5.38. The Labute approximate surface area is 176 Å². The SMILES string of the molecule is NC(=O)c1cccc(NC(=O)NCCCN2CCC[C@@H](Cc3ccc(F)cc3)C2)c1. The Morgan fingerprint density at radius 2 is 1.97 bits per heavy atom. The number of anilines is 1. The Kier molecular flexibility index (Phi) is 7.79. The summed E-state index contributed by atoms with van der Waals surface area (Å²) in [5.74, 6) is -0.141. The molecular weight excluding hydrogens is 383 g/mol. The van der Waals surface area contributed by atoms with Gasteiger partial charge in [-0.25, -0.2) is 9.18 Å². The number of nitrogens with two attached hydrogens (primary N) is 1. The monoisotopic (exact) mass is 412 g/mol. The molecular formula is C23H29FN4O2. The second-order valence-corrected chi connectivity index (χ2v) is 7.82. The Bertz CT molecular complexity index is 857. The van der Waals surface area contributed by atoms with E-state index in [0.29, 0.717) is 23.7 Å². The molecule has 3 rings (SSSR count). The largest absolute Gasteiger partial charge is 0.366 e. The van der Waals surface area contributed by atoms with Gasteiger partial charge < -0.3 is 21.3 Å². The normalized spacial score (nSPS) is 16.8. The summed E-state index contributed by atoms with van der Waals surface area (Å²) in [5.41, 5.74) is 7.32. The van der Waals surface area contributed by atoms with Crippen LogP contribution < -0.4 is 16.4 Å². The lowest BCUT2D eigenvalue weighted by molar-refractivity contribution is 0.1000. The first kappa shape index (κ1) is 21.8. The minimum Gasteiger partial charge on any atom is -0.366 e. The van der Waals surface area contributed by atoms with Crippen LogP contribution in [0.2, 0.25) is 0 Å². The summed E-state index contributed by atoms with van der Waals surface area (Å²) in [6.45, 7) is 3.60. The van der Waals surface area contributed by atoms with Gasteiger partial charge in [-0.2, -0.15) is 0 Å². The van der Waals surface area contributed by atoms with Crippen LogP contribution in [0.1, 0.15) is 35.2 Å². The molecule has 160 valence electrons. The first-order valence-electron chi connectivity index (χ1n) is 10.4. The number of benzene rings is 2. The van der Waals surface area contributed by atoms with Gasteiger partial charge in [-0.05, 0) is 80.6 Å². The highest BCUT2D eigenvalue weighted by Gasteiger charge is 2.19. The maximum absolute atomic E-state index is 13.1. The molecule has 7 heteroatoms. The van der Waals surface area contributed by atoms with E-state index in [1.807, 2.05) is 12.1 Å². The number of carbonyl (C=O) groups is 2. The fourth-order valence-electron chi connectivity index (χ4n) is 3.90. The molecule has 0 spiro atoms. The summed E-state index contributed by atoms with van der Waals surface area (Å²) < 4.78 is 13.1. The minimum atomic E-state index is -0.529. The van der Waals surface area contributed by atoms with Gasteiger partial charge in [0.05, 0.1) is 0 Å². The van der Waals surface area contributed by atoms with Crippen molar-refractivity contribution in [3.63, 3.8) is 0 Å². The van der Waals surface area contributed by atoms with Crippen LogP contribution in [0.15, 0.2) is 48.5 Å². The summed E-state index contributed by atoms with van der Waals surface area (Å²) >= 11 is 0. The highest BCUT2D eigenvalue weighted by Crippen LogP contribution is 2.21. The maximum Gasteiger partial charge on any atom is 0.319 e. The minimum absolute atomic E-state index is 0.193. The molecule has 1 aliphatic heterocycles. The molecule has 4 N–H and O–H groups in total. The number of urea groups is 1. The van der Waals surface area contributed by atoms with Gasteiger partial charge in [0.25, 0.3) is 0 Å². The summed E-state index contributed by atoms with van der Waals surface area (Å²) in [7, 11) is 0. The van der Waals surface area contributed by atoms with Crippen LogP contribution in [0, 0.1) is 11.7 Å². The van der Waals surface area contributed by atoms with Crippen molar-refractivity contribution in [2.75, 3.05) is 31.5 Å². The number of rotatable bonds is 8. The van der Waals surface area contributed by atoms with Crippen LogP contribution in [0.25, 0.3) is 0 Å². The number of piperidine rings is 1. The van der Waals surface area contributed by atoms with E-state index in [1.54, 1.807) is 24.3 Å². The van der Waals surface area contributed by atoms with Crippen LogP contribution in [0.5, 0.6) is 0 Å². The number of amides is 3. The summed E-state index contributed by atoms with van der Waals surface area (Å²) in [5, 5.41) is 5.56. The number of nitrogens with zero attached hydrogens (tertiary/aromatic N) is 1. The third kappa shape index (κ3) is 6.84. The van der Waals surface area contributed by atoms with Gasteiger partial charge in [0, 0.05) is 24.3 Å². The van der Waals surface area contributed by atoms with Gasteiger partial charge in [-0.1, -0.05) is 18.2 Å². The first-order chi connectivity index (χ1) is 14.5. The van der Waals surface area contributed by atoms with Gasteiger partial charge in [0.15, 0.2) is 0 Å². The maximum atomic E-state index is 13.1. The van der Waals surface area contributed by atoms with E-state index < -0.39 is 5.91 Å². The lowest BCUT2D eigenvalue weighted by atomic mass is 9.91. The molecule has 1 fully saturated rings. The topological polar surface area (TPSA) is 87.5 Å². The molecule has 0 aliphatic carbocycles. The number of nitrogens with one attached hydrogen (secondary N) is 2. The molecule has 0 bridgehead atoms. The van der Waals surface area contributed by atoms with E-state index in [9.17, 15) is 14.0 Å². The lowest BCUT2D eigenvalue weighted by Crippen LogP contribution is -2.38. The summed E-state index contributed by atoms with van der Waals surface area (Å²) in [6, 6.07) is 13.0. The van der Waals surface area contributed by atoms with Gasteiger partial charge in [-0.15, -0.1) is 0 Å². The van der Waals surface area contributed by atoms with E-state index in [0.717, 1.165) is 38.9 Å². The van der Waals surface area contributed by atoms with E-state index in [-0.39, 0.29) is 11.8 Å². The molecule has 30 heavy (non-hydrogen) atoms. The molecule has 1 saturated heterocycles. The molecule has 2 aromatic rings. The standard InChI is InChI=1S/C23H29FN4O2/c24-20-9-7-17(8-10-20)14-18-4-2-12-28(16-18)13-3-11-26-23(30)27-21-6-1-5-19(15-21)22(25)29/h1,5-10,15,18H,2-4,11-14,16H2,(H2,25,29)(H2,26,27,30)/t18-/m0/s1. The van der Waals surface area contributed by atoms with Crippen molar-refractivity contribution in [3.05, 3.63) is 65.5 Å². The van der Waals surface area contributed by atoms with E-state index in [4.69, 9.17) is 5.73 Å².